The van der Waals surface area contributed by atoms with Crippen molar-refractivity contribution >= 4 is 21.1 Å². The number of aromatic nitrogens is 4. The van der Waals surface area contributed by atoms with Gasteiger partial charge in [-0.15, -0.1) is 0 Å². The Morgan fingerprint density at radius 1 is 1.32 bits per heavy atom. The van der Waals surface area contributed by atoms with Crippen LogP contribution in [0.1, 0.15) is 5.56 Å². The van der Waals surface area contributed by atoms with Crippen LogP contribution in [0.25, 0.3) is 11.0 Å². The number of benzene rings is 1. The van der Waals surface area contributed by atoms with Gasteiger partial charge in [0.1, 0.15) is 10.6 Å². The summed E-state index contributed by atoms with van der Waals surface area (Å²) in [7, 11) is -0.563. The second-order valence-corrected chi connectivity index (χ2v) is 6.31. The molecule has 2 aromatic heterocycles. The van der Waals surface area contributed by atoms with E-state index in [1.807, 2.05) is 0 Å². The van der Waals surface area contributed by atoms with Gasteiger partial charge in [0.15, 0.2) is 11.0 Å². The summed E-state index contributed by atoms with van der Waals surface area (Å²) in [5, 5.41) is 11.3. The molecule has 0 spiro atoms. The molecular weight excluding hydrogens is 310 g/mol. The van der Waals surface area contributed by atoms with Crippen LogP contribution in [0.3, 0.4) is 0 Å². The zero-order valence-corrected chi connectivity index (χ0v) is 12.7. The molecule has 0 bridgehead atoms. The van der Waals surface area contributed by atoms with E-state index in [2.05, 4.69) is 24.8 Å². The van der Waals surface area contributed by atoms with E-state index >= 15 is 0 Å². The average Bonchev–Trinajstić information content (AvgIpc) is 3.12. The first-order valence-electron chi connectivity index (χ1n) is 6.28. The fourth-order valence-corrected chi connectivity index (χ4v) is 3.17. The molecule has 3 rings (SSSR count). The lowest BCUT2D eigenvalue weighted by Crippen LogP contribution is -2.23. The van der Waals surface area contributed by atoms with Gasteiger partial charge in [-0.1, -0.05) is 0 Å². The van der Waals surface area contributed by atoms with Gasteiger partial charge in [-0.05, 0) is 22.4 Å². The highest BCUT2D eigenvalue weighted by Crippen LogP contribution is 2.28. The van der Waals surface area contributed by atoms with Crippen LogP contribution < -0.4 is 9.46 Å². The molecule has 22 heavy (non-hydrogen) atoms. The summed E-state index contributed by atoms with van der Waals surface area (Å²) in [4.78, 5) is -0.0200. The van der Waals surface area contributed by atoms with E-state index in [4.69, 9.17) is 4.74 Å². The number of sulfonamides is 1. The maximum absolute atomic E-state index is 12.4. The van der Waals surface area contributed by atoms with Crippen molar-refractivity contribution in [1.29, 1.82) is 0 Å². The minimum atomic E-state index is -3.78. The number of nitrogens with zero attached hydrogens (tertiary/aromatic N) is 4. The molecule has 10 heteroatoms. The molecule has 0 amide bonds. The van der Waals surface area contributed by atoms with E-state index in [-0.39, 0.29) is 22.5 Å². The number of nitrogens with one attached hydrogen (secondary N) is 1. The number of hydrogen-bond donors (Lipinski definition) is 1. The Hall–Kier alpha value is -2.46. The standard InChI is InChI=1S/C12H13N5O4S/c1-17-7-8(5-13-17)6-14-22(18,19)10-4-3-9(20-2)11-12(10)16-21-15-11/h3-5,7,14H,6H2,1-2H3. The first-order chi connectivity index (χ1) is 10.5. The van der Waals surface area contributed by atoms with E-state index in [0.29, 0.717) is 5.75 Å². The first-order valence-corrected chi connectivity index (χ1v) is 7.76. The van der Waals surface area contributed by atoms with Crippen molar-refractivity contribution in [2.45, 2.75) is 11.4 Å². The molecule has 9 nitrogen and oxygen atoms in total. The highest BCUT2D eigenvalue weighted by atomic mass is 32.2. The van der Waals surface area contributed by atoms with Crippen LogP contribution in [-0.2, 0) is 23.6 Å². The zero-order chi connectivity index (χ0) is 15.7. The largest absolute Gasteiger partial charge is 0.494 e. The lowest BCUT2D eigenvalue weighted by molar-refractivity contribution is 0.313. The molecule has 0 saturated carbocycles. The van der Waals surface area contributed by atoms with Crippen molar-refractivity contribution in [3.8, 4) is 5.75 Å². The monoisotopic (exact) mass is 323 g/mol. The van der Waals surface area contributed by atoms with Gasteiger partial charge in [-0.25, -0.2) is 17.8 Å². The molecular formula is C12H13N5O4S. The number of fused-ring (bicyclic) bond motifs is 1. The van der Waals surface area contributed by atoms with Gasteiger partial charge in [0.25, 0.3) is 0 Å². The third-order valence-corrected chi connectivity index (χ3v) is 4.51. The van der Waals surface area contributed by atoms with Crippen molar-refractivity contribution in [2.75, 3.05) is 7.11 Å². The molecule has 0 aliphatic rings. The fraction of sp³-hybridized carbons (Fsp3) is 0.250. The Kier molecular flexibility index (Phi) is 3.54. The van der Waals surface area contributed by atoms with Gasteiger partial charge in [0, 0.05) is 25.4 Å². The second-order valence-electron chi connectivity index (χ2n) is 4.57. The molecule has 0 atom stereocenters. The summed E-state index contributed by atoms with van der Waals surface area (Å²) >= 11 is 0. The predicted octanol–water partition coefficient (Wildman–Crippen LogP) is 0.443. The van der Waals surface area contributed by atoms with Gasteiger partial charge in [-0.2, -0.15) is 5.10 Å². The highest BCUT2D eigenvalue weighted by Gasteiger charge is 2.22. The Bertz CT molecular complexity index is 915. The molecule has 0 aliphatic heterocycles. The Labute approximate surface area is 125 Å². The smallest absolute Gasteiger partial charge is 0.243 e. The third-order valence-electron chi connectivity index (χ3n) is 3.08. The minimum absolute atomic E-state index is 0.0200. The molecule has 0 radical (unpaired) electrons. The van der Waals surface area contributed by atoms with Gasteiger partial charge >= 0.3 is 0 Å². The van der Waals surface area contributed by atoms with Crippen LogP contribution in [0, 0.1) is 0 Å². The van der Waals surface area contributed by atoms with E-state index in [1.165, 1.54) is 19.2 Å². The molecule has 0 aliphatic carbocycles. The zero-order valence-electron chi connectivity index (χ0n) is 11.8. The predicted molar refractivity (Wildman–Crippen MR) is 75.6 cm³/mol. The maximum Gasteiger partial charge on any atom is 0.243 e. The quantitative estimate of drug-likeness (QED) is 0.725. The Morgan fingerprint density at radius 3 is 2.77 bits per heavy atom. The molecule has 3 aromatic rings. The van der Waals surface area contributed by atoms with Crippen molar-refractivity contribution in [3.63, 3.8) is 0 Å². The summed E-state index contributed by atoms with van der Waals surface area (Å²) in [6.07, 6.45) is 3.31. The number of hydrogen-bond acceptors (Lipinski definition) is 7. The summed E-state index contributed by atoms with van der Waals surface area (Å²) in [5.74, 6) is 0.391. The number of methoxy groups -OCH3 is 1. The first kappa shape index (κ1) is 14.5. The SMILES string of the molecule is COc1ccc(S(=O)(=O)NCc2cnn(C)c2)c2nonc12. The molecule has 2 heterocycles. The molecule has 1 N–H and O–H groups in total. The lowest BCUT2D eigenvalue weighted by atomic mass is 10.3. The molecule has 0 unspecified atom stereocenters. The van der Waals surface area contributed by atoms with Crippen LogP contribution in [0.2, 0.25) is 0 Å². The number of rotatable bonds is 5. The fourth-order valence-electron chi connectivity index (χ4n) is 2.02. The Balaban J connectivity index is 1.93. The minimum Gasteiger partial charge on any atom is -0.494 e. The summed E-state index contributed by atoms with van der Waals surface area (Å²) in [5.41, 5.74) is 1.12. The highest BCUT2D eigenvalue weighted by molar-refractivity contribution is 7.89. The second kappa shape index (κ2) is 5.39. The molecule has 0 fully saturated rings. The van der Waals surface area contributed by atoms with Gasteiger partial charge in [0.2, 0.25) is 10.0 Å². The van der Waals surface area contributed by atoms with Crippen LogP contribution >= 0.6 is 0 Å². The van der Waals surface area contributed by atoms with Crippen LogP contribution in [0.4, 0.5) is 0 Å². The van der Waals surface area contributed by atoms with Crippen LogP contribution in [0.15, 0.2) is 34.1 Å². The van der Waals surface area contributed by atoms with Gasteiger partial charge in [-0.3, -0.25) is 4.68 Å². The van der Waals surface area contributed by atoms with Crippen molar-refractivity contribution < 1.29 is 17.8 Å². The van der Waals surface area contributed by atoms with Crippen LogP contribution in [-0.4, -0.2) is 35.6 Å². The maximum atomic E-state index is 12.4. The number of ether oxygens (including phenoxy) is 1. The van der Waals surface area contributed by atoms with E-state index < -0.39 is 10.0 Å². The molecule has 1 aromatic carbocycles. The third kappa shape index (κ3) is 2.53. The van der Waals surface area contributed by atoms with E-state index in [0.717, 1.165) is 5.56 Å². The summed E-state index contributed by atoms with van der Waals surface area (Å²) < 4.78 is 38.7. The van der Waals surface area contributed by atoms with Gasteiger partial charge < -0.3 is 4.74 Å². The van der Waals surface area contributed by atoms with Gasteiger partial charge in [0.05, 0.1) is 13.3 Å². The molecule has 116 valence electrons. The van der Waals surface area contributed by atoms with E-state index in [9.17, 15) is 8.42 Å². The van der Waals surface area contributed by atoms with E-state index in [1.54, 1.807) is 24.1 Å². The normalized spacial score (nSPS) is 11.9. The van der Waals surface area contributed by atoms with Crippen molar-refractivity contribution in [3.05, 3.63) is 30.1 Å². The number of aryl methyl sites for hydroxylation is 1. The Morgan fingerprint density at radius 2 is 2.09 bits per heavy atom. The van der Waals surface area contributed by atoms with Crippen molar-refractivity contribution in [2.24, 2.45) is 7.05 Å². The molecule has 0 saturated heterocycles. The van der Waals surface area contributed by atoms with Crippen molar-refractivity contribution in [1.82, 2.24) is 24.8 Å². The topological polar surface area (TPSA) is 112 Å². The summed E-state index contributed by atoms with van der Waals surface area (Å²) in [6.45, 7) is 0.120. The van der Waals surface area contributed by atoms with Crippen LogP contribution in [0.5, 0.6) is 5.75 Å². The lowest BCUT2D eigenvalue weighted by Gasteiger charge is -2.07. The summed E-state index contributed by atoms with van der Waals surface area (Å²) in [6, 6.07) is 2.90. The average molecular weight is 323 g/mol.